The molecule has 0 spiro atoms. The molecule has 0 aliphatic heterocycles. The summed E-state index contributed by atoms with van der Waals surface area (Å²) in [5.41, 5.74) is 1.22. The fourth-order valence-electron chi connectivity index (χ4n) is 1.40. The van der Waals surface area contributed by atoms with Gasteiger partial charge in [-0.05, 0) is 40.9 Å². The van der Waals surface area contributed by atoms with E-state index in [1.165, 1.54) is 31.2 Å². The molecule has 1 N–H and O–H groups in total. The van der Waals surface area contributed by atoms with Crippen LogP contribution in [0.5, 0.6) is 0 Å². The normalized spacial score (nSPS) is 10.3. The van der Waals surface area contributed by atoms with Gasteiger partial charge in [-0.2, -0.15) is 0 Å². The van der Waals surface area contributed by atoms with E-state index in [4.69, 9.17) is 0 Å². The molecule has 1 heterocycles. The van der Waals surface area contributed by atoms with E-state index in [1.807, 2.05) is 6.20 Å². The molecule has 0 radical (unpaired) electrons. The van der Waals surface area contributed by atoms with Crippen molar-refractivity contribution in [1.29, 1.82) is 0 Å². The zero-order valence-electron chi connectivity index (χ0n) is 9.52. The number of halogens is 1. The lowest BCUT2D eigenvalue weighted by molar-refractivity contribution is 0.684. The summed E-state index contributed by atoms with van der Waals surface area (Å²) < 4.78 is 1.07. The standard InChI is InChI=1S/C12H19BrN2/c1-3-4-5-6-7-14-12-8-10(2)11(13)9-15-12/h8-9H,3-7H2,1-2H3,(H,14,15). The van der Waals surface area contributed by atoms with Crippen molar-refractivity contribution in [3.05, 3.63) is 22.3 Å². The maximum atomic E-state index is 4.30. The summed E-state index contributed by atoms with van der Waals surface area (Å²) in [6.45, 7) is 5.33. The highest BCUT2D eigenvalue weighted by Gasteiger charge is 1.97. The average Bonchev–Trinajstić information content (AvgIpc) is 2.23. The van der Waals surface area contributed by atoms with Crippen LogP contribution in [0.3, 0.4) is 0 Å². The van der Waals surface area contributed by atoms with E-state index in [1.54, 1.807) is 0 Å². The molecule has 0 bridgehead atoms. The summed E-state index contributed by atoms with van der Waals surface area (Å²) in [6, 6.07) is 2.07. The molecule has 0 amide bonds. The van der Waals surface area contributed by atoms with Gasteiger partial charge in [0.2, 0.25) is 0 Å². The summed E-state index contributed by atoms with van der Waals surface area (Å²) in [4.78, 5) is 4.30. The van der Waals surface area contributed by atoms with Crippen LogP contribution in [0.2, 0.25) is 0 Å². The second kappa shape index (κ2) is 6.83. The van der Waals surface area contributed by atoms with E-state index < -0.39 is 0 Å². The smallest absolute Gasteiger partial charge is 0.126 e. The number of rotatable bonds is 6. The van der Waals surface area contributed by atoms with Gasteiger partial charge in [-0.3, -0.25) is 0 Å². The zero-order chi connectivity index (χ0) is 11.1. The summed E-state index contributed by atoms with van der Waals surface area (Å²) in [7, 11) is 0. The summed E-state index contributed by atoms with van der Waals surface area (Å²) in [5, 5.41) is 3.34. The first-order valence-corrected chi connectivity index (χ1v) is 6.39. The van der Waals surface area contributed by atoms with Crippen molar-refractivity contribution in [2.45, 2.75) is 39.5 Å². The van der Waals surface area contributed by atoms with Gasteiger partial charge in [-0.15, -0.1) is 0 Å². The summed E-state index contributed by atoms with van der Waals surface area (Å²) >= 11 is 3.44. The highest BCUT2D eigenvalue weighted by molar-refractivity contribution is 9.10. The predicted molar refractivity (Wildman–Crippen MR) is 69.3 cm³/mol. The molecule has 0 fully saturated rings. The van der Waals surface area contributed by atoms with Gasteiger partial charge in [-0.1, -0.05) is 26.2 Å². The minimum Gasteiger partial charge on any atom is -0.370 e. The van der Waals surface area contributed by atoms with Crippen molar-refractivity contribution in [3.8, 4) is 0 Å². The van der Waals surface area contributed by atoms with Crippen molar-refractivity contribution >= 4 is 21.7 Å². The van der Waals surface area contributed by atoms with Crippen LogP contribution in [-0.4, -0.2) is 11.5 Å². The third-order valence-corrected chi connectivity index (χ3v) is 3.21. The number of aryl methyl sites for hydroxylation is 1. The van der Waals surface area contributed by atoms with E-state index >= 15 is 0 Å². The van der Waals surface area contributed by atoms with Crippen LogP contribution in [0.4, 0.5) is 5.82 Å². The van der Waals surface area contributed by atoms with Gasteiger partial charge in [0, 0.05) is 17.2 Å². The second-order valence-corrected chi connectivity index (χ2v) is 4.66. The molecule has 0 saturated carbocycles. The highest BCUT2D eigenvalue weighted by Crippen LogP contribution is 2.17. The number of aromatic nitrogens is 1. The van der Waals surface area contributed by atoms with Gasteiger partial charge in [0.25, 0.3) is 0 Å². The molecule has 15 heavy (non-hydrogen) atoms. The van der Waals surface area contributed by atoms with Gasteiger partial charge in [0.05, 0.1) is 0 Å². The SMILES string of the molecule is CCCCCCNc1cc(C)c(Br)cn1. The van der Waals surface area contributed by atoms with E-state index in [-0.39, 0.29) is 0 Å². The van der Waals surface area contributed by atoms with Crippen LogP contribution < -0.4 is 5.32 Å². The van der Waals surface area contributed by atoms with Crippen LogP contribution in [0.1, 0.15) is 38.2 Å². The van der Waals surface area contributed by atoms with Crippen LogP contribution >= 0.6 is 15.9 Å². The van der Waals surface area contributed by atoms with Crippen molar-refractivity contribution < 1.29 is 0 Å². The Morgan fingerprint density at radius 2 is 2.13 bits per heavy atom. The van der Waals surface area contributed by atoms with E-state index in [2.05, 4.69) is 46.1 Å². The van der Waals surface area contributed by atoms with Gasteiger partial charge in [0.1, 0.15) is 5.82 Å². The molecule has 1 rings (SSSR count). The number of pyridine rings is 1. The zero-order valence-corrected chi connectivity index (χ0v) is 11.1. The lowest BCUT2D eigenvalue weighted by atomic mass is 10.2. The van der Waals surface area contributed by atoms with Gasteiger partial charge < -0.3 is 5.32 Å². The molecular formula is C12H19BrN2. The lowest BCUT2D eigenvalue weighted by Gasteiger charge is -2.06. The van der Waals surface area contributed by atoms with Crippen molar-refractivity contribution in [2.75, 3.05) is 11.9 Å². The third kappa shape index (κ3) is 4.65. The Morgan fingerprint density at radius 3 is 2.80 bits per heavy atom. The lowest BCUT2D eigenvalue weighted by Crippen LogP contribution is -2.03. The first kappa shape index (κ1) is 12.5. The molecule has 0 saturated heterocycles. The van der Waals surface area contributed by atoms with E-state index in [0.29, 0.717) is 0 Å². The van der Waals surface area contributed by atoms with Crippen molar-refractivity contribution in [2.24, 2.45) is 0 Å². The Hall–Kier alpha value is -0.570. The molecule has 0 aromatic carbocycles. The quantitative estimate of drug-likeness (QED) is 0.786. The first-order valence-electron chi connectivity index (χ1n) is 5.60. The van der Waals surface area contributed by atoms with Crippen LogP contribution in [0.15, 0.2) is 16.7 Å². The predicted octanol–water partition coefficient (Wildman–Crippen LogP) is 4.14. The fraction of sp³-hybridized carbons (Fsp3) is 0.583. The number of unbranched alkanes of at least 4 members (excludes halogenated alkanes) is 3. The van der Waals surface area contributed by atoms with Gasteiger partial charge in [0.15, 0.2) is 0 Å². The molecule has 0 aliphatic rings. The Kier molecular flexibility index (Phi) is 5.69. The van der Waals surface area contributed by atoms with Gasteiger partial charge in [-0.25, -0.2) is 4.98 Å². The number of nitrogens with zero attached hydrogens (tertiary/aromatic N) is 1. The van der Waals surface area contributed by atoms with Crippen molar-refractivity contribution in [1.82, 2.24) is 4.98 Å². The summed E-state index contributed by atoms with van der Waals surface area (Å²) in [5.74, 6) is 0.979. The minimum atomic E-state index is 0.979. The Morgan fingerprint density at radius 1 is 1.33 bits per heavy atom. The van der Waals surface area contributed by atoms with Crippen LogP contribution in [-0.2, 0) is 0 Å². The topological polar surface area (TPSA) is 24.9 Å². The molecule has 84 valence electrons. The third-order valence-electron chi connectivity index (χ3n) is 2.38. The fourth-order valence-corrected chi connectivity index (χ4v) is 1.62. The largest absolute Gasteiger partial charge is 0.370 e. The summed E-state index contributed by atoms with van der Waals surface area (Å²) in [6.07, 6.45) is 7.00. The van der Waals surface area contributed by atoms with Crippen LogP contribution in [0.25, 0.3) is 0 Å². The number of hydrogen-bond donors (Lipinski definition) is 1. The Labute approximate surface area is 101 Å². The second-order valence-electron chi connectivity index (χ2n) is 3.81. The van der Waals surface area contributed by atoms with Crippen LogP contribution in [0, 0.1) is 6.92 Å². The number of hydrogen-bond acceptors (Lipinski definition) is 2. The monoisotopic (exact) mass is 270 g/mol. The molecule has 0 aliphatic carbocycles. The molecule has 1 aromatic rings. The van der Waals surface area contributed by atoms with E-state index in [0.717, 1.165) is 16.8 Å². The number of anilines is 1. The average molecular weight is 271 g/mol. The Balaban J connectivity index is 2.28. The molecular weight excluding hydrogens is 252 g/mol. The minimum absolute atomic E-state index is 0.979. The molecule has 1 aromatic heterocycles. The van der Waals surface area contributed by atoms with E-state index in [9.17, 15) is 0 Å². The maximum Gasteiger partial charge on any atom is 0.126 e. The highest BCUT2D eigenvalue weighted by atomic mass is 79.9. The van der Waals surface area contributed by atoms with Crippen molar-refractivity contribution in [3.63, 3.8) is 0 Å². The van der Waals surface area contributed by atoms with Gasteiger partial charge >= 0.3 is 0 Å². The maximum absolute atomic E-state index is 4.30. The molecule has 0 unspecified atom stereocenters. The molecule has 0 atom stereocenters. The molecule has 2 nitrogen and oxygen atoms in total. The first-order chi connectivity index (χ1) is 7.24. The Bertz CT molecular complexity index is 300. The molecule has 3 heteroatoms. The number of nitrogens with one attached hydrogen (secondary N) is 1.